The molecule has 0 aromatic carbocycles. The summed E-state index contributed by atoms with van der Waals surface area (Å²) in [6, 6.07) is 3.94. The summed E-state index contributed by atoms with van der Waals surface area (Å²) in [7, 11) is 1.49. The van der Waals surface area contributed by atoms with Crippen molar-refractivity contribution in [3.05, 3.63) is 29.6 Å². The van der Waals surface area contributed by atoms with E-state index < -0.39 is 0 Å². The highest BCUT2D eigenvalue weighted by atomic mass is 16.5. The molecule has 0 radical (unpaired) electrons. The van der Waals surface area contributed by atoms with Crippen molar-refractivity contribution in [1.82, 2.24) is 10.3 Å². The van der Waals surface area contributed by atoms with Crippen LogP contribution < -0.4 is 5.32 Å². The molecule has 0 fully saturated rings. The molecule has 15 heavy (non-hydrogen) atoms. The number of nitrogens with zero attached hydrogens (tertiary/aromatic N) is 1. The van der Waals surface area contributed by atoms with Gasteiger partial charge in [0, 0.05) is 13.3 Å². The van der Waals surface area contributed by atoms with E-state index in [4.69, 9.17) is 4.74 Å². The predicted molar refractivity (Wildman–Crippen MR) is 57.3 cm³/mol. The molecule has 0 atom stereocenters. The predicted octanol–water partition coefficient (Wildman–Crippen LogP) is 0.907. The molecule has 0 saturated heterocycles. The molecule has 1 N–H and O–H groups in total. The summed E-state index contributed by atoms with van der Waals surface area (Å²) >= 11 is 0. The summed E-state index contributed by atoms with van der Waals surface area (Å²) in [4.78, 5) is 15.3. The molecule has 1 aromatic rings. The van der Waals surface area contributed by atoms with E-state index >= 15 is 0 Å². The minimum Gasteiger partial charge on any atom is -0.375 e. The smallest absolute Gasteiger partial charge is 0.246 e. The number of hydrogen-bond acceptors (Lipinski definition) is 3. The first-order valence-corrected chi connectivity index (χ1v) is 4.95. The lowest BCUT2D eigenvalue weighted by Crippen LogP contribution is -2.26. The second-order valence-electron chi connectivity index (χ2n) is 3.22. The molecule has 1 aromatic heterocycles. The van der Waals surface area contributed by atoms with Crippen molar-refractivity contribution in [2.75, 3.05) is 13.7 Å². The lowest BCUT2D eigenvalue weighted by molar-refractivity contribution is -0.124. The first kappa shape index (κ1) is 11.7. The van der Waals surface area contributed by atoms with Crippen LogP contribution in [0.3, 0.4) is 0 Å². The van der Waals surface area contributed by atoms with E-state index in [9.17, 15) is 4.79 Å². The summed E-state index contributed by atoms with van der Waals surface area (Å²) in [5.74, 6) is -0.126. The van der Waals surface area contributed by atoms with Crippen molar-refractivity contribution < 1.29 is 9.53 Å². The maximum atomic E-state index is 11.1. The first-order chi connectivity index (χ1) is 7.26. The highest BCUT2D eigenvalue weighted by Crippen LogP contribution is 2.00. The zero-order valence-corrected chi connectivity index (χ0v) is 9.12. The number of amides is 1. The quantitative estimate of drug-likeness (QED) is 0.782. The van der Waals surface area contributed by atoms with Gasteiger partial charge in [-0.25, -0.2) is 0 Å². The van der Waals surface area contributed by atoms with E-state index in [0.717, 1.165) is 12.1 Å². The molecule has 4 heteroatoms. The van der Waals surface area contributed by atoms with Crippen LogP contribution in [-0.4, -0.2) is 24.6 Å². The highest BCUT2D eigenvalue weighted by molar-refractivity contribution is 5.77. The summed E-state index contributed by atoms with van der Waals surface area (Å²) in [6.45, 7) is 2.62. The molecule has 0 spiro atoms. The molecule has 1 amide bonds. The Morgan fingerprint density at radius 1 is 1.53 bits per heavy atom. The van der Waals surface area contributed by atoms with Crippen molar-refractivity contribution in [3.63, 3.8) is 0 Å². The van der Waals surface area contributed by atoms with Crippen LogP contribution in [0, 0.1) is 0 Å². The van der Waals surface area contributed by atoms with E-state index in [0.29, 0.717) is 6.54 Å². The van der Waals surface area contributed by atoms with E-state index in [1.165, 1.54) is 12.7 Å². The molecule has 1 heterocycles. The van der Waals surface area contributed by atoms with E-state index in [1.54, 1.807) is 0 Å². The third-order valence-electron chi connectivity index (χ3n) is 2.04. The molecule has 1 rings (SSSR count). The number of nitrogens with one attached hydrogen (secondary N) is 1. The number of carbonyl (C=O) groups excluding carboxylic acids is 1. The average Bonchev–Trinajstić information content (AvgIpc) is 2.27. The molecule has 0 aliphatic rings. The summed E-state index contributed by atoms with van der Waals surface area (Å²) < 4.78 is 4.70. The van der Waals surface area contributed by atoms with Gasteiger partial charge >= 0.3 is 0 Å². The number of methoxy groups -OCH3 is 1. The van der Waals surface area contributed by atoms with Crippen LogP contribution in [0.25, 0.3) is 0 Å². The van der Waals surface area contributed by atoms with Gasteiger partial charge in [-0.15, -0.1) is 0 Å². The topological polar surface area (TPSA) is 51.2 Å². The largest absolute Gasteiger partial charge is 0.375 e. The lowest BCUT2D eigenvalue weighted by Gasteiger charge is -2.04. The van der Waals surface area contributed by atoms with Crippen LogP contribution in [0.4, 0.5) is 0 Å². The second kappa shape index (κ2) is 6.14. The van der Waals surface area contributed by atoms with Gasteiger partial charge in [0.05, 0.1) is 12.2 Å². The van der Waals surface area contributed by atoms with Crippen LogP contribution >= 0.6 is 0 Å². The van der Waals surface area contributed by atoms with Gasteiger partial charge in [-0.05, 0) is 18.1 Å². The monoisotopic (exact) mass is 208 g/mol. The van der Waals surface area contributed by atoms with Crippen LogP contribution in [0.5, 0.6) is 0 Å². The van der Waals surface area contributed by atoms with Crippen LogP contribution in [0.15, 0.2) is 18.3 Å². The maximum absolute atomic E-state index is 11.1. The summed E-state index contributed by atoms with van der Waals surface area (Å²) in [5, 5.41) is 2.71. The van der Waals surface area contributed by atoms with Crippen molar-refractivity contribution in [3.8, 4) is 0 Å². The lowest BCUT2D eigenvalue weighted by atomic mass is 10.2. The number of aryl methyl sites for hydroxylation is 1. The standard InChI is InChI=1S/C11H16N2O2/c1-3-9-4-5-10(12-6-9)7-13-11(14)8-15-2/h4-6H,3,7-8H2,1-2H3,(H,13,14). The Labute approximate surface area is 89.7 Å². The van der Waals surface area contributed by atoms with Crippen LogP contribution in [0.1, 0.15) is 18.2 Å². The van der Waals surface area contributed by atoms with Gasteiger partial charge in [0.2, 0.25) is 5.91 Å². The first-order valence-electron chi connectivity index (χ1n) is 4.95. The molecule has 0 aliphatic heterocycles. The fourth-order valence-electron chi connectivity index (χ4n) is 1.14. The highest BCUT2D eigenvalue weighted by Gasteiger charge is 2.00. The SMILES string of the molecule is CCc1ccc(CNC(=O)COC)nc1. The molecular formula is C11H16N2O2. The van der Waals surface area contributed by atoms with Gasteiger partial charge in [0.1, 0.15) is 6.61 Å². The van der Waals surface area contributed by atoms with Crippen molar-refractivity contribution in [1.29, 1.82) is 0 Å². The van der Waals surface area contributed by atoms with Gasteiger partial charge in [-0.1, -0.05) is 13.0 Å². The Kier molecular flexibility index (Phi) is 4.77. The van der Waals surface area contributed by atoms with Gasteiger partial charge in [0.25, 0.3) is 0 Å². The minimum atomic E-state index is -0.126. The number of rotatable bonds is 5. The Morgan fingerprint density at radius 2 is 2.33 bits per heavy atom. The third kappa shape index (κ3) is 4.08. The van der Waals surface area contributed by atoms with Gasteiger partial charge in [-0.2, -0.15) is 0 Å². The fourth-order valence-corrected chi connectivity index (χ4v) is 1.14. The van der Waals surface area contributed by atoms with Crippen molar-refractivity contribution >= 4 is 5.91 Å². The van der Waals surface area contributed by atoms with E-state index in [2.05, 4.69) is 17.2 Å². The molecule has 0 unspecified atom stereocenters. The average molecular weight is 208 g/mol. The Hall–Kier alpha value is -1.42. The maximum Gasteiger partial charge on any atom is 0.246 e. The van der Waals surface area contributed by atoms with E-state index in [-0.39, 0.29) is 12.5 Å². The minimum absolute atomic E-state index is 0.0903. The number of pyridine rings is 1. The van der Waals surface area contributed by atoms with Gasteiger partial charge in [0.15, 0.2) is 0 Å². The summed E-state index contributed by atoms with van der Waals surface area (Å²) in [5.41, 5.74) is 2.05. The zero-order chi connectivity index (χ0) is 11.1. The Bertz CT molecular complexity index is 309. The number of aromatic nitrogens is 1. The zero-order valence-electron chi connectivity index (χ0n) is 9.12. The Morgan fingerprint density at radius 3 is 2.87 bits per heavy atom. The molecule has 0 bridgehead atoms. The molecule has 4 nitrogen and oxygen atoms in total. The molecule has 0 aliphatic carbocycles. The third-order valence-corrected chi connectivity index (χ3v) is 2.04. The number of hydrogen-bond donors (Lipinski definition) is 1. The second-order valence-corrected chi connectivity index (χ2v) is 3.22. The van der Waals surface area contributed by atoms with Crippen molar-refractivity contribution in [2.45, 2.75) is 19.9 Å². The molecule has 0 saturated carbocycles. The van der Waals surface area contributed by atoms with Crippen LogP contribution in [0.2, 0.25) is 0 Å². The van der Waals surface area contributed by atoms with Gasteiger partial charge in [-0.3, -0.25) is 9.78 Å². The molecule has 82 valence electrons. The Balaban J connectivity index is 2.40. The fraction of sp³-hybridized carbons (Fsp3) is 0.455. The summed E-state index contributed by atoms with van der Waals surface area (Å²) in [6.07, 6.45) is 2.81. The number of carbonyl (C=O) groups is 1. The molecular weight excluding hydrogens is 192 g/mol. The van der Waals surface area contributed by atoms with E-state index in [1.807, 2.05) is 18.3 Å². The number of ether oxygens (including phenoxy) is 1. The normalized spacial score (nSPS) is 10.0. The van der Waals surface area contributed by atoms with Crippen LogP contribution in [-0.2, 0) is 22.5 Å². The van der Waals surface area contributed by atoms with Crippen molar-refractivity contribution in [2.24, 2.45) is 0 Å². The van der Waals surface area contributed by atoms with Gasteiger partial charge < -0.3 is 10.1 Å².